The van der Waals surface area contributed by atoms with E-state index in [1.165, 1.54) is 0 Å². The summed E-state index contributed by atoms with van der Waals surface area (Å²) >= 11 is 9.36. The molecule has 0 saturated heterocycles. The first kappa shape index (κ1) is 14.8. The highest BCUT2D eigenvalue weighted by Crippen LogP contribution is 2.29. The molecule has 0 saturated carbocycles. The first-order valence-corrected chi connectivity index (χ1v) is 7.04. The Morgan fingerprint density at radius 1 is 1.41 bits per heavy atom. The summed E-state index contributed by atoms with van der Waals surface area (Å²) in [7, 11) is 0. The van der Waals surface area contributed by atoms with Crippen LogP contribution in [0.25, 0.3) is 0 Å². The Morgan fingerprint density at radius 3 is 2.65 bits per heavy atom. The van der Waals surface area contributed by atoms with E-state index in [0.717, 1.165) is 23.3 Å². The average Bonchev–Trinajstić information content (AvgIpc) is 2.26. The highest BCUT2D eigenvalue weighted by atomic mass is 79.9. The molecule has 1 rings (SSSR count). The SMILES string of the molecule is CCNCC(Oc1ccc(Cl)cc1Br)C(C)C. The van der Waals surface area contributed by atoms with E-state index in [0.29, 0.717) is 10.9 Å². The van der Waals surface area contributed by atoms with Gasteiger partial charge in [0.25, 0.3) is 0 Å². The van der Waals surface area contributed by atoms with Crippen LogP contribution in [0.15, 0.2) is 22.7 Å². The number of nitrogens with one attached hydrogen (secondary N) is 1. The Bertz CT molecular complexity index is 357. The van der Waals surface area contributed by atoms with Gasteiger partial charge in [-0.05, 0) is 46.6 Å². The van der Waals surface area contributed by atoms with E-state index in [1.807, 2.05) is 18.2 Å². The average molecular weight is 321 g/mol. The highest BCUT2D eigenvalue weighted by molar-refractivity contribution is 9.10. The van der Waals surface area contributed by atoms with Crippen molar-refractivity contribution in [3.8, 4) is 5.75 Å². The summed E-state index contributed by atoms with van der Waals surface area (Å²) in [5.41, 5.74) is 0. The number of halogens is 2. The molecule has 4 heteroatoms. The normalized spacial score (nSPS) is 12.8. The van der Waals surface area contributed by atoms with Gasteiger partial charge in [0.1, 0.15) is 11.9 Å². The predicted octanol–water partition coefficient (Wildman–Crippen LogP) is 4.12. The van der Waals surface area contributed by atoms with Crippen molar-refractivity contribution in [1.29, 1.82) is 0 Å². The highest BCUT2D eigenvalue weighted by Gasteiger charge is 2.16. The Morgan fingerprint density at radius 2 is 2.12 bits per heavy atom. The maximum absolute atomic E-state index is 6.00. The minimum Gasteiger partial charge on any atom is -0.488 e. The number of hydrogen-bond donors (Lipinski definition) is 1. The van der Waals surface area contributed by atoms with Crippen LogP contribution in [0.2, 0.25) is 5.02 Å². The minimum atomic E-state index is 0.160. The molecule has 1 atom stereocenters. The fourth-order valence-corrected chi connectivity index (χ4v) is 2.21. The van der Waals surface area contributed by atoms with Gasteiger partial charge in [-0.3, -0.25) is 0 Å². The zero-order valence-electron chi connectivity index (χ0n) is 10.5. The maximum Gasteiger partial charge on any atom is 0.134 e. The summed E-state index contributed by atoms with van der Waals surface area (Å²) < 4.78 is 6.89. The standard InChI is InChI=1S/C13H19BrClNO/c1-4-16-8-13(9(2)3)17-12-6-5-10(15)7-11(12)14/h5-7,9,13,16H,4,8H2,1-3H3. The maximum atomic E-state index is 6.00. The van der Waals surface area contributed by atoms with Gasteiger partial charge < -0.3 is 10.1 Å². The Balaban J connectivity index is 2.71. The first-order chi connectivity index (χ1) is 8.04. The van der Waals surface area contributed by atoms with E-state index in [9.17, 15) is 0 Å². The number of rotatable bonds is 6. The monoisotopic (exact) mass is 319 g/mol. The first-order valence-electron chi connectivity index (χ1n) is 5.87. The summed E-state index contributed by atoms with van der Waals surface area (Å²) in [5.74, 6) is 1.29. The molecule has 1 aromatic rings. The van der Waals surface area contributed by atoms with Crippen molar-refractivity contribution in [2.45, 2.75) is 26.9 Å². The summed E-state index contributed by atoms with van der Waals surface area (Å²) in [4.78, 5) is 0. The third-order valence-electron chi connectivity index (χ3n) is 2.51. The van der Waals surface area contributed by atoms with Crippen LogP contribution in [0.1, 0.15) is 20.8 Å². The molecule has 0 radical (unpaired) electrons. The lowest BCUT2D eigenvalue weighted by molar-refractivity contribution is 0.148. The molecule has 0 aliphatic rings. The van der Waals surface area contributed by atoms with Crippen molar-refractivity contribution in [2.24, 2.45) is 5.92 Å². The topological polar surface area (TPSA) is 21.3 Å². The third kappa shape index (κ3) is 4.86. The van der Waals surface area contributed by atoms with Crippen molar-refractivity contribution in [3.05, 3.63) is 27.7 Å². The van der Waals surface area contributed by atoms with Gasteiger partial charge in [-0.2, -0.15) is 0 Å². The lowest BCUT2D eigenvalue weighted by Crippen LogP contribution is -2.35. The summed E-state index contributed by atoms with van der Waals surface area (Å²) in [6.07, 6.45) is 0.160. The zero-order valence-corrected chi connectivity index (χ0v) is 12.8. The molecule has 0 fully saturated rings. The van der Waals surface area contributed by atoms with E-state index in [4.69, 9.17) is 16.3 Å². The molecule has 0 heterocycles. The lowest BCUT2D eigenvalue weighted by atomic mass is 10.1. The Kier molecular flexibility index (Phi) is 6.31. The lowest BCUT2D eigenvalue weighted by Gasteiger charge is -2.23. The van der Waals surface area contributed by atoms with Crippen LogP contribution in [0, 0.1) is 5.92 Å². The van der Waals surface area contributed by atoms with Gasteiger partial charge in [-0.25, -0.2) is 0 Å². The van der Waals surface area contributed by atoms with Crippen LogP contribution >= 0.6 is 27.5 Å². The molecule has 17 heavy (non-hydrogen) atoms. The van der Waals surface area contributed by atoms with Gasteiger partial charge in [0.2, 0.25) is 0 Å². The molecule has 0 aliphatic heterocycles. The van der Waals surface area contributed by atoms with Crippen molar-refractivity contribution >= 4 is 27.5 Å². The van der Waals surface area contributed by atoms with E-state index >= 15 is 0 Å². The van der Waals surface area contributed by atoms with E-state index in [1.54, 1.807) is 0 Å². The molecule has 1 unspecified atom stereocenters. The second-order valence-electron chi connectivity index (χ2n) is 4.28. The van der Waals surface area contributed by atoms with Crippen LogP contribution in [-0.4, -0.2) is 19.2 Å². The van der Waals surface area contributed by atoms with Gasteiger partial charge in [-0.15, -0.1) is 0 Å². The summed E-state index contributed by atoms with van der Waals surface area (Å²) in [6, 6.07) is 5.58. The van der Waals surface area contributed by atoms with E-state index in [-0.39, 0.29) is 6.10 Å². The molecular weight excluding hydrogens is 302 g/mol. The van der Waals surface area contributed by atoms with Crippen LogP contribution in [0.4, 0.5) is 0 Å². The molecule has 0 aliphatic carbocycles. The van der Waals surface area contributed by atoms with Gasteiger partial charge in [0, 0.05) is 11.6 Å². The molecular formula is C13H19BrClNO. The molecule has 1 aromatic carbocycles. The van der Waals surface area contributed by atoms with E-state index in [2.05, 4.69) is 42.0 Å². The van der Waals surface area contributed by atoms with Crippen LogP contribution in [0.5, 0.6) is 5.75 Å². The van der Waals surface area contributed by atoms with Crippen molar-refractivity contribution in [1.82, 2.24) is 5.32 Å². The Labute approximate surface area is 117 Å². The largest absolute Gasteiger partial charge is 0.488 e. The zero-order chi connectivity index (χ0) is 12.8. The van der Waals surface area contributed by atoms with Gasteiger partial charge in [0.05, 0.1) is 4.47 Å². The Hall–Kier alpha value is -0.250. The smallest absolute Gasteiger partial charge is 0.134 e. The molecule has 0 bridgehead atoms. The number of likely N-dealkylation sites (N-methyl/N-ethyl adjacent to an activating group) is 1. The van der Waals surface area contributed by atoms with Crippen LogP contribution < -0.4 is 10.1 Å². The third-order valence-corrected chi connectivity index (χ3v) is 3.37. The number of hydrogen-bond acceptors (Lipinski definition) is 2. The number of ether oxygens (including phenoxy) is 1. The van der Waals surface area contributed by atoms with Gasteiger partial charge in [-0.1, -0.05) is 32.4 Å². The second kappa shape index (κ2) is 7.24. The van der Waals surface area contributed by atoms with Gasteiger partial charge in [0.15, 0.2) is 0 Å². The fourth-order valence-electron chi connectivity index (χ4n) is 1.43. The summed E-state index contributed by atoms with van der Waals surface area (Å²) in [6.45, 7) is 8.21. The quantitative estimate of drug-likeness (QED) is 0.851. The molecule has 0 spiro atoms. The fraction of sp³-hybridized carbons (Fsp3) is 0.538. The molecule has 96 valence electrons. The van der Waals surface area contributed by atoms with Gasteiger partial charge >= 0.3 is 0 Å². The van der Waals surface area contributed by atoms with Crippen molar-refractivity contribution < 1.29 is 4.74 Å². The number of benzene rings is 1. The van der Waals surface area contributed by atoms with Crippen molar-refractivity contribution in [2.75, 3.05) is 13.1 Å². The van der Waals surface area contributed by atoms with E-state index < -0.39 is 0 Å². The minimum absolute atomic E-state index is 0.160. The van der Waals surface area contributed by atoms with Crippen LogP contribution in [0.3, 0.4) is 0 Å². The summed E-state index contributed by atoms with van der Waals surface area (Å²) in [5, 5.41) is 4.02. The van der Waals surface area contributed by atoms with Crippen LogP contribution in [-0.2, 0) is 0 Å². The second-order valence-corrected chi connectivity index (χ2v) is 5.57. The van der Waals surface area contributed by atoms with Crippen molar-refractivity contribution in [3.63, 3.8) is 0 Å². The predicted molar refractivity (Wildman–Crippen MR) is 76.9 cm³/mol. The molecule has 2 nitrogen and oxygen atoms in total. The molecule has 0 aromatic heterocycles. The molecule has 0 amide bonds. The molecule has 1 N–H and O–H groups in total.